The number of anilines is 3. The average Bonchev–Trinajstić information content (AvgIpc) is 2.26. The minimum atomic E-state index is 0.484. The van der Waals surface area contributed by atoms with Crippen molar-refractivity contribution in [3.05, 3.63) is 35.4 Å². The van der Waals surface area contributed by atoms with Gasteiger partial charge in [0, 0.05) is 11.8 Å². The fourth-order valence-corrected chi connectivity index (χ4v) is 2.49. The Morgan fingerprint density at radius 2 is 1.79 bits per heavy atom. The Labute approximate surface area is 117 Å². The maximum Gasteiger partial charge on any atom is 0.191 e. The molecule has 100 valence electrons. The van der Waals surface area contributed by atoms with Crippen molar-refractivity contribution < 1.29 is 0 Å². The highest BCUT2D eigenvalue weighted by Gasteiger charge is 2.04. The summed E-state index contributed by atoms with van der Waals surface area (Å²) in [5.74, 6) is 2.14. The van der Waals surface area contributed by atoms with E-state index in [1.54, 1.807) is 17.8 Å². The van der Waals surface area contributed by atoms with Crippen molar-refractivity contribution in [3.63, 3.8) is 0 Å². The first-order valence-corrected chi connectivity index (χ1v) is 7.18. The molecule has 2 aromatic rings. The van der Waals surface area contributed by atoms with Gasteiger partial charge >= 0.3 is 0 Å². The number of benzene rings is 1. The van der Waals surface area contributed by atoms with Crippen LogP contribution >= 0.6 is 11.8 Å². The Kier molecular flexibility index (Phi) is 4.27. The van der Waals surface area contributed by atoms with Crippen molar-refractivity contribution in [3.8, 4) is 0 Å². The first kappa shape index (κ1) is 13.7. The summed E-state index contributed by atoms with van der Waals surface area (Å²) in [4.78, 5) is 8.63. The van der Waals surface area contributed by atoms with Gasteiger partial charge in [0.2, 0.25) is 0 Å². The first-order chi connectivity index (χ1) is 9.06. The zero-order chi connectivity index (χ0) is 13.8. The van der Waals surface area contributed by atoms with Gasteiger partial charge in [-0.15, -0.1) is 0 Å². The number of nitrogen functional groups attached to an aromatic ring is 1. The molecule has 0 fully saturated rings. The third-order valence-electron chi connectivity index (χ3n) is 2.49. The van der Waals surface area contributed by atoms with Gasteiger partial charge in [0.25, 0.3) is 0 Å². The lowest BCUT2D eigenvalue weighted by atomic mass is 10.1. The molecule has 0 radical (unpaired) electrons. The van der Waals surface area contributed by atoms with Crippen LogP contribution in [0, 0.1) is 13.8 Å². The highest BCUT2D eigenvalue weighted by Crippen LogP contribution is 2.22. The summed E-state index contributed by atoms with van der Waals surface area (Å²) < 4.78 is 0. The highest BCUT2D eigenvalue weighted by molar-refractivity contribution is 7.99. The van der Waals surface area contributed by atoms with Crippen LogP contribution in [-0.2, 0) is 0 Å². The standard InChI is InChI=1S/C14H18N4S/c1-4-19-14-17-12(15)8-13(18-14)16-11-6-9(2)5-10(3)7-11/h5-8H,4H2,1-3H3,(H3,15,16,17,18). The van der Waals surface area contributed by atoms with E-state index in [0.717, 1.165) is 17.3 Å². The molecule has 0 amide bonds. The Morgan fingerprint density at radius 3 is 2.42 bits per heavy atom. The Hall–Kier alpha value is -1.75. The maximum atomic E-state index is 5.80. The molecule has 1 aromatic carbocycles. The van der Waals surface area contributed by atoms with E-state index in [9.17, 15) is 0 Å². The summed E-state index contributed by atoms with van der Waals surface area (Å²) in [6, 6.07) is 8.05. The molecule has 2 rings (SSSR count). The van der Waals surface area contributed by atoms with Gasteiger partial charge in [0.1, 0.15) is 11.6 Å². The molecule has 0 aliphatic rings. The molecule has 0 aliphatic carbocycles. The Morgan fingerprint density at radius 1 is 1.11 bits per heavy atom. The van der Waals surface area contributed by atoms with Crippen molar-refractivity contribution in [1.82, 2.24) is 9.97 Å². The average molecular weight is 274 g/mol. The van der Waals surface area contributed by atoms with Gasteiger partial charge in [0.05, 0.1) is 0 Å². The van der Waals surface area contributed by atoms with Crippen LogP contribution in [0.15, 0.2) is 29.4 Å². The third-order valence-corrected chi connectivity index (χ3v) is 3.22. The molecule has 5 heteroatoms. The van der Waals surface area contributed by atoms with Gasteiger partial charge in [-0.2, -0.15) is 0 Å². The van der Waals surface area contributed by atoms with Gasteiger partial charge in [-0.25, -0.2) is 9.97 Å². The molecule has 0 unspecified atom stereocenters. The molecule has 3 N–H and O–H groups in total. The van der Waals surface area contributed by atoms with E-state index in [0.29, 0.717) is 11.0 Å². The summed E-state index contributed by atoms with van der Waals surface area (Å²) in [5, 5.41) is 3.98. The number of aryl methyl sites for hydroxylation is 2. The molecular weight excluding hydrogens is 256 g/mol. The molecular formula is C14H18N4S. The second-order valence-electron chi connectivity index (χ2n) is 4.40. The van der Waals surface area contributed by atoms with Gasteiger partial charge in [0.15, 0.2) is 5.16 Å². The van der Waals surface area contributed by atoms with Crippen molar-refractivity contribution in [2.75, 3.05) is 16.8 Å². The summed E-state index contributed by atoms with van der Waals surface area (Å²) in [6.07, 6.45) is 0. The minimum Gasteiger partial charge on any atom is -0.383 e. The number of nitrogens with one attached hydrogen (secondary N) is 1. The van der Waals surface area contributed by atoms with Crippen LogP contribution < -0.4 is 11.1 Å². The van der Waals surface area contributed by atoms with Gasteiger partial charge < -0.3 is 11.1 Å². The van der Waals surface area contributed by atoms with Crippen LogP contribution in [0.1, 0.15) is 18.1 Å². The summed E-state index contributed by atoms with van der Waals surface area (Å²) in [5.41, 5.74) is 9.25. The topological polar surface area (TPSA) is 63.8 Å². The fourth-order valence-electron chi connectivity index (χ4n) is 1.90. The lowest BCUT2D eigenvalue weighted by molar-refractivity contribution is 0.981. The van der Waals surface area contributed by atoms with E-state index in [-0.39, 0.29) is 0 Å². The summed E-state index contributed by atoms with van der Waals surface area (Å²) >= 11 is 1.58. The number of nitrogens with zero attached hydrogens (tertiary/aromatic N) is 2. The van der Waals surface area contributed by atoms with Crippen LogP contribution in [0.5, 0.6) is 0 Å². The number of hydrogen-bond donors (Lipinski definition) is 2. The zero-order valence-corrected chi connectivity index (χ0v) is 12.2. The van der Waals surface area contributed by atoms with E-state index >= 15 is 0 Å². The summed E-state index contributed by atoms with van der Waals surface area (Å²) in [7, 11) is 0. The SMILES string of the molecule is CCSc1nc(N)cc(Nc2cc(C)cc(C)c2)n1. The molecule has 0 saturated carbocycles. The highest BCUT2D eigenvalue weighted by atomic mass is 32.2. The smallest absolute Gasteiger partial charge is 0.191 e. The third kappa shape index (κ3) is 3.86. The molecule has 0 saturated heterocycles. The lowest BCUT2D eigenvalue weighted by Gasteiger charge is -2.09. The summed E-state index contributed by atoms with van der Waals surface area (Å²) in [6.45, 7) is 6.21. The van der Waals surface area contributed by atoms with Crippen LogP contribution in [0.2, 0.25) is 0 Å². The van der Waals surface area contributed by atoms with Crippen LogP contribution in [0.4, 0.5) is 17.3 Å². The lowest BCUT2D eigenvalue weighted by Crippen LogP contribution is -2.00. The van der Waals surface area contributed by atoms with E-state index in [4.69, 9.17) is 5.73 Å². The fraction of sp³-hybridized carbons (Fsp3) is 0.286. The minimum absolute atomic E-state index is 0.484. The number of thioether (sulfide) groups is 1. The largest absolute Gasteiger partial charge is 0.383 e. The molecule has 1 heterocycles. The van der Waals surface area contributed by atoms with Gasteiger partial charge in [-0.1, -0.05) is 24.8 Å². The molecule has 19 heavy (non-hydrogen) atoms. The second-order valence-corrected chi connectivity index (χ2v) is 5.63. The van der Waals surface area contributed by atoms with Crippen LogP contribution in [-0.4, -0.2) is 15.7 Å². The number of aromatic nitrogens is 2. The number of rotatable bonds is 4. The maximum absolute atomic E-state index is 5.80. The predicted molar refractivity (Wildman–Crippen MR) is 82.0 cm³/mol. The van der Waals surface area contributed by atoms with Crippen LogP contribution in [0.3, 0.4) is 0 Å². The molecule has 0 bridgehead atoms. The van der Waals surface area contributed by atoms with Crippen molar-refractivity contribution in [2.24, 2.45) is 0 Å². The van der Waals surface area contributed by atoms with E-state index in [1.807, 2.05) is 0 Å². The molecule has 1 aromatic heterocycles. The van der Waals surface area contributed by atoms with Crippen LogP contribution in [0.25, 0.3) is 0 Å². The Bertz CT molecular complexity index is 563. The normalized spacial score (nSPS) is 10.5. The first-order valence-electron chi connectivity index (χ1n) is 6.19. The van der Waals surface area contributed by atoms with E-state index < -0.39 is 0 Å². The number of nitrogens with two attached hydrogens (primary N) is 1. The molecule has 0 aliphatic heterocycles. The van der Waals surface area contributed by atoms with E-state index in [2.05, 4.69) is 54.3 Å². The quantitative estimate of drug-likeness (QED) is 0.659. The molecule has 0 atom stereocenters. The van der Waals surface area contributed by atoms with Gasteiger partial charge in [-0.05, 0) is 42.9 Å². The monoisotopic (exact) mass is 274 g/mol. The second kappa shape index (κ2) is 5.93. The zero-order valence-electron chi connectivity index (χ0n) is 11.4. The van der Waals surface area contributed by atoms with Gasteiger partial charge in [-0.3, -0.25) is 0 Å². The molecule has 0 spiro atoms. The van der Waals surface area contributed by atoms with Crippen molar-refractivity contribution >= 4 is 29.1 Å². The molecule has 4 nitrogen and oxygen atoms in total. The van der Waals surface area contributed by atoms with Crippen molar-refractivity contribution in [1.29, 1.82) is 0 Å². The van der Waals surface area contributed by atoms with Crippen molar-refractivity contribution in [2.45, 2.75) is 25.9 Å². The Balaban J connectivity index is 2.27. The van der Waals surface area contributed by atoms with E-state index in [1.165, 1.54) is 11.1 Å². The predicted octanol–water partition coefficient (Wildman–Crippen LogP) is 3.53. The number of hydrogen-bond acceptors (Lipinski definition) is 5.